The third-order valence-electron chi connectivity index (χ3n) is 8.24. The number of anilines is 3. The van der Waals surface area contributed by atoms with Gasteiger partial charge in [0.15, 0.2) is 0 Å². The lowest BCUT2D eigenvalue weighted by Crippen LogP contribution is -2.41. The molecule has 0 spiro atoms. The molecule has 0 unspecified atom stereocenters. The fourth-order valence-electron chi connectivity index (χ4n) is 5.48. The van der Waals surface area contributed by atoms with E-state index in [0.29, 0.717) is 47.7 Å². The van der Waals surface area contributed by atoms with E-state index in [1.54, 1.807) is 37.1 Å². The van der Waals surface area contributed by atoms with Crippen LogP contribution in [0.25, 0.3) is 5.69 Å². The van der Waals surface area contributed by atoms with Gasteiger partial charge < -0.3 is 25.0 Å². The van der Waals surface area contributed by atoms with Crippen LogP contribution in [0.1, 0.15) is 50.4 Å². The van der Waals surface area contributed by atoms with Gasteiger partial charge in [0.1, 0.15) is 17.3 Å². The second-order valence-electron chi connectivity index (χ2n) is 12.9. The molecule has 10 nitrogen and oxygen atoms in total. The largest absolute Gasteiger partial charge is 0.497 e. The molecule has 1 saturated heterocycles. The molecular formula is C36H44N6O4. The van der Waals surface area contributed by atoms with Gasteiger partial charge in [0, 0.05) is 54.1 Å². The zero-order valence-electron chi connectivity index (χ0n) is 27.5. The summed E-state index contributed by atoms with van der Waals surface area (Å²) in [4.78, 5) is 27.8. The van der Waals surface area contributed by atoms with Gasteiger partial charge in [0.05, 0.1) is 25.6 Å². The Labute approximate surface area is 271 Å². The first kappa shape index (κ1) is 32.4. The first-order valence-electron chi connectivity index (χ1n) is 15.6. The van der Waals surface area contributed by atoms with Crippen LogP contribution in [0.3, 0.4) is 0 Å². The summed E-state index contributed by atoms with van der Waals surface area (Å²) in [5.41, 5.74) is 5.29. The molecule has 0 radical (unpaired) electrons. The number of amides is 4. The average Bonchev–Trinajstić information content (AvgIpc) is 3.46. The molecule has 3 N–H and O–H groups in total. The zero-order valence-corrected chi connectivity index (χ0v) is 27.5. The molecule has 0 atom stereocenters. The molecule has 3 aromatic carbocycles. The number of methoxy groups -OCH3 is 2. The van der Waals surface area contributed by atoms with Crippen molar-refractivity contribution in [3.05, 3.63) is 89.6 Å². The van der Waals surface area contributed by atoms with Crippen LogP contribution < -0.4 is 25.4 Å². The van der Waals surface area contributed by atoms with Crippen LogP contribution in [0.4, 0.5) is 26.8 Å². The number of benzene rings is 3. The third kappa shape index (κ3) is 8.18. The zero-order chi connectivity index (χ0) is 32.8. The van der Waals surface area contributed by atoms with E-state index < -0.39 is 0 Å². The minimum atomic E-state index is -0.334. The van der Waals surface area contributed by atoms with E-state index in [1.807, 2.05) is 54.3 Å². The van der Waals surface area contributed by atoms with Gasteiger partial charge in [-0.3, -0.25) is 5.32 Å². The first-order chi connectivity index (χ1) is 22.0. The molecule has 46 heavy (non-hydrogen) atoms. The van der Waals surface area contributed by atoms with Crippen molar-refractivity contribution in [3.63, 3.8) is 0 Å². The maximum Gasteiger partial charge on any atom is 0.324 e. The number of carbonyl (C=O) groups is 2. The molecule has 0 saturated carbocycles. The van der Waals surface area contributed by atoms with Crippen LogP contribution in [0.5, 0.6) is 11.5 Å². The van der Waals surface area contributed by atoms with Crippen molar-refractivity contribution in [1.29, 1.82) is 0 Å². The standard InChI is InChI=1S/C36H44N6O4/c1-24-7-13-29(14-8-24)42-33(23-32(40-42)36(2,3)4)39-34(43)37-27-11-9-25(10-12-27)19-26-15-17-41(18-16-26)35(44)38-28-20-30(45-5)22-31(21-28)46-6/h7-14,20-23,26H,15-19H2,1-6H3,(H,38,44)(H2,37,39,43). The Morgan fingerprint density at radius 3 is 2.04 bits per heavy atom. The van der Waals surface area contributed by atoms with Crippen molar-refractivity contribution < 1.29 is 19.1 Å². The molecule has 0 bridgehead atoms. The van der Waals surface area contributed by atoms with E-state index in [1.165, 1.54) is 5.56 Å². The van der Waals surface area contributed by atoms with Crippen LogP contribution in [0.2, 0.25) is 0 Å². The van der Waals surface area contributed by atoms with Crippen LogP contribution in [-0.2, 0) is 11.8 Å². The van der Waals surface area contributed by atoms with Gasteiger partial charge in [-0.2, -0.15) is 5.10 Å². The number of hydrogen-bond donors (Lipinski definition) is 3. The van der Waals surface area contributed by atoms with Crippen molar-refractivity contribution in [3.8, 4) is 17.2 Å². The molecule has 2 heterocycles. The number of ether oxygens (including phenoxy) is 2. The van der Waals surface area contributed by atoms with Crippen molar-refractivity contribution in [1.82, 2.24) is 14.7 Å². The van der Waals surface area contributed by atoms with E-state index in [2.05, 4.69) is 48.9 Å². The van der Waals surface area contributed by atoms with Crippen molar-refractivity contribution in [2.24, 2.45) is 5.92 Å². The quantitative estimate of drug-likeness (QED) is 0.187. The van der Waals surface area contributed by atoms with Crippen molar-refractivity contribution >= 4 is 29.3 Å². The first-order valence-corrected chi connectivity index (χ1v) is 15.6. The predicted octanol–water partition coefficient (Wildman–Crippen LogP) is 7.63. The van der Waals surface area contributed by atoms with E-state index in [4.69, 9.17) is 14.6 Å². The summed E-state index contributed by atoms with van der Waals surface area (Å²) in [5, 5.41) is 13.7. The van der Waals surface area contributed by atoms with Gasteiger partial charge in [-0.15, -0.1) is 0 Å². The number of rotatable bonds is 8. The van der Waals surface area contributed by atoms with Crippen LogP contribution >= 0.6 is 0 Å². The molecule has 0 aliphatic carbocycles. The monoisotopic (exact) mass is 624 g/mol. The van der Waals surface area contributed by atoms with Crippen LogP contribution in [0, 0.1) is 12.8 Å². The molecular weight excluding hydrogens is 580 g/mol. The van der Waals surface area contributed by atoms with Gasteiger partial charge >= 0.3 is 12.1 Å². The molecule has 1 aliphatic rings. The maximum absolute atomic E-state index is 13.0. The Morgan fingerprint density at radius 1 is 0.826 bits per heavy atom. The molecule has 242 valence electrons. The number of aryl methyl sites for hydroxylation is 1. The summed E-state index contributed by atoms with van der Waals surface area (Å²) in [6, 6.07) is 22.8. The highest BCUT2D eigenvalue weighted by Crippen LogP contribution is 2.29. The highest BCUT2D eigenvalue weighted by Gasteiger charge is 2.24. The average molecular weight is 625 g/mol. The Bertz CT molecular complexity index is 1630. The van der Waals surface area contributed by atoms with Gasteiger partial charge in [0.2, 0.25) is 0 Å². The van der Waals surface area contributed by atoms with E-state index >= 15 is 0 Å². The number of carbonyl (C=O) groups excluding carboxylic acids is 2. The number of nitrogens with one attached hydrogen (secondary N) is 3. The van der Waals surface area contributed by atoms with Crippen LogP contribution in [0.15, 0.2) is 72.8 Å². The normalized spacial score (nSPS) is 13.7. The molecule has 1 aromatic heterocycles. The molecule has 4 amide bonds. The van der Waals surface area contributed by atoms with E-state index in [-0.39, 0.29) is 17.5 Å². The van der Waals surface area contributed by atoms with Gasteiger partial charge in [-0.1, -0.05) is 50.6 Å². The summed E-state index contributed by atoms with van der Waals surface area (Å²) in [6.07, 6.45) is 2.76. The molecule has 1 aliphatic heterocycles. The minimum absolute atomic E-state index is 0.126. The van der Waals surface area contributed by atoms with Crippen molar-refractivity contribution in [2.45, 2.75) is 52.4 Å². The lowest BCUT2D eigenvalue weighted by molar-refractivity contribution is 0.182. The Hall–Kier alpha value is -4.99. The number of nitrogens with zero attached hydrogens (tertiary/aromatic N) is 3. The molecule has 5 rings (SSSR count). The van der Waals surface area contributed by atoms with Gasteiger partial charge in [-0.25, -0.2) is 14.3 Å². The summed E-state index contributed by atoms with van der Waals surface area (Å²) in [7, 11) is 3.17. The second kappa shape index (κ2) is 14.0. The van der Waals surface area contributed by atoms with E-state index in [9.17, 15) is 9.59 Å². The lowest BCUT2D eigenvalue weighted by Gasteiger charge is -2.32. The van der Waals surface area contributed by atoms with Gasteiger partial charge in [0.25, 0.3) is 0 Å². The van der Waals surface area contributed by atoms with E-state index in [0.717, 1.165) is 36.2 Å². The smallest absolute Gasteiger partial charge is 0.324 e. The number of likely N-dealkylation sites (tertiary alicyclic amines) is 1. The summed E-state index contributed by atoms with van der Waals surface area (Å²) < 4.78 is 12.4. The Kier molecular flexibility index (Phi) is 9.84. The third-order valence-corrected chi connectivity index (χ3v) is 8.24. The summed E-state index contributed by atoms with van der Waals surface area (Å²) >= 11 is 0. The summed E-state index contributed by atoms with van der Waals surface area (Å²) in [5.74, 6) is 2.32. The highest BCUT2D eigenvalue weighted by atomic mass is 16.5. The summed E-state index contributed by atoms with van der Waals surface area (Å²) in [6.45, 7) is 9.71. The van der Waals surface area contributed by atoms with Crippen LogP contribution in [-0.4, -0.2) is 54.1 Å². The highest BCUT2D eigenvalue weighted by molar-refractivity contribution is 5.99. The SMILES string of the molecule is COc1cc(NC(=O)N2CCC(Cc3ccc(NC(=O)Nc4cc(C(C)(C)C)nn4-c4ccc(C)cc4)cc3)CC2)cc(OC)c1. The van der Waals surface area contributed by atoms with Crippen molar-refractivity contribution in [2.75, 3.05) is 43.3 Å². The number of hydrogen-bond acceptors (Lipinski definition) is 5. The predicted molar refractivity (Wildman–Crippen MR) is 183 cm³/mol. The number of aromatic nitrogens is 2. The lowest BCUT2D eigenvalue weighted by atomic mass is 9.90. The maximum atomic E-state index is 13.0. The molecule has 10 heteroatoms. The van der Waals surface area contributed by atoms with Gasteiger partial charge in [-0.05, 0) is 61.9 Å². The Balaban J connectivity index is 1.13. The second-order valence-corrected chi connectivity index (χ2v) is 12.9. The minimum Gasteiger partial charge on any atom is -0.497 e. The fourth-order valence-corrected chi connectivity index (χ4v) is 5.48. The number of piperidine rings is 1. The fraction of sp³-hybridized carbons (Fsp3) is 0.361. The number of urea groups is 2. The topological polar surface area (TPSA) is 110 Å². The Morgan fingerprint density at radius 2 is 1.46 bits per heavy atom. The molecule has 1 fully saturated rings. The molecule has 4 aromatic rings.